The number of allylic oxidation sites excluding steroid dienone is 1. The van der Waals surface area contributed by atoms with Gasteiger partial charge in [0, 0.05) is 106 Å². The maximum Gasteiger partial charge on any atom is 0.501 e. The summed E-state index contributed by atoms with van der Waals surface area (Å²) in [5, 5.41) is 7.94. The van der Waals surface area contributed by atoms with Crippen molar-refractivity contribution in [2.45, 2.75) is 130 Å². The molecular weight excluding hydrogens is 1220 g/mol. The van der Waals surface area contributed by atoms with Crippen LogP contribution >= 0.6 is 11.8 Å². The molecule has 0 radical (unpaired) electrons. The quantitative estimate of drug-likeness (QED) is 0.0309. The Kier molecular flexibility index (Phi) is 18.6. The van der Waals surface area contributed by atoms with E-state index in [0.717, 1.165) is 66.8 Å². The average Bonchev–Trinajstić information content (AvgIpc) is 0.790. The molecule has 1 unspecified atom stereocenters. The highest BCUT2D eigenvalue weighted by Gasteiger charge is 2.68. The number of alkyl halides is 3. The Morgan fingerprint density at radius 3 is 2.12 bits per heavy atom. The summed E-state index contributed by atoms with van der Waals surface area (Å²) >= 11 is 1.41. The molecule has 3 saturated carbocycles. The van der Waals surface area contributed by atoms with Crippen molar-refractivity contribution in [3.05, 3.63) is 119 Å². The molecular formula is C65H78F3N9O10S3. The fraction of sp³-hybridized carbons (Fsp3) is 0.508. The molecule has 4 N–H and O–H groups in total. The minimum atomic E-state index is -6.16. The standard InChI is InChI=1S/C65H78F3N9O10S3/c1-4-63-40-64(41-63,42-63)50-37-62(2,3)25-23-44(50)38-75-32-34-76(35-33-75)46-17-15-43(16-18-46)58(80)72-90(86,87)48-19-20-51(54(36-48)89(84,85)65(66,67)68)69-45(39-88-47-10-6-5-7-11-47)24-27-74-30-28-73(29-31-74)26-9-14-55(78)70-52-13-8-12-49-57(52)61(83)77(60(49)82)53-21-22-56(79)71-59(53)81/h5-8,10-13,15-20,36,45,53,69H,4,9,14,21-35,37-42H2,1-3H3,(H,70,78)(H,72,80)(H,71,79,81)/t45-,53?,63?,64?/m1/s1. The van der Waals surface area contributed by atoms with Crippen LogP contribution in [0.2, 0.25) is 0 Å². The van der Waals surface area contributed by atoms with Gasteiger partial charge in [-0.1, -0.05) is 62.6 Å². The van der Waals surface area contributed by atoms with Crippen LogP contribution in [0.5, 0.6) is 0 Å². The molecule has 3 saturated heterocycles. The summed E-state index contributed by atoms with van der Waals surface area (Å²) in [6, 6.07) is 20.8. The number of imide groups is 2. The van der Waals surface area contributed by atoms with E-state index < -0.39 is 82.5 Å². The summed E-state index contributed by atoms with van der Waals surface area (Å²) in [6.45, 7) is 14.9. The van der Waals surface area contributed by atoms with Crippen LogP contribution in [0.25, 0.3) is 0 Å². The summed E-state index contributed by atoms with van der Waals surface area (Å²) in [5.74, 6) is -3.80. The van der Waals surface area contributed by atoms with Gasteiger partial charge in [-0.25, -0.2) is 21.6 Å². The highest BCUT2D eigenvalue weighted by Crippen LogP contribution is 2.79. The van der Waals surface area contributed by atoms with E-state index in [-0.39, 0.29) is 53.3 Å². The first-order valence-electron chi connectivity index (χ1n) is 31.1. The maximum atomic E-state index is 14.5. The monoisotopic (exact) mass is 1300 g/mol. The molecule has 2 atom stereocenters. The van der Waals surface area contributed by atoms with Gasteiger partial charge in [-0.2, -0.15) is 13.2 Å². The van der Waals surface area contributed by atoms with Crippen LogP contribution < -0.4 is 25.6 Å². The van der Waals surface area contributed by atoms with Gasteiger partial charge in [-0.15, -0.1) is 11.8 Å². The molecule has 4 aliphatic carbocycles. The second-order valence-corrected chi connectivity index (χ2v) is 30.9. The van der Waals surface area contributed by atoms with E-state index in [1.165, 1.54) is 80.6 Å². The van der Waals surface area contributed by atoms with Crippen LogP contribution in [0.3, 0.4) is 0 Å². The summed E-state index contributed by atoms with van der Waals surface area (Å²) in [7, 11) is -11.1. The first-order valence-corrected chi connectivity index (χ1v) is 35.1. The number of thioether (sulfide) groups is 1. The van der Waals surface area contributed by atoms with Crippen LogP contribution in [-0.4, -0.2) is 167 Å². The van der Waals surface area contributed by atoms with Crippen molar-refractivity contribution in [2.75, 3.05) is 93.3 Å². The molecule has 90 heavy (non-hydrogen) atoms. The molecule has 25 heteroatoms. The number of hydrogen-bond donors (Lipinski definition) is 4. The fourth-order valence-corrected chi connectivity index (χ4v) is 17.4. The van der Waals surface area contributed by atoms with Gasteiger partial charge in [-0.3, -0.25) is 43.9 Å². The summed E-state index contributed by atoms with van der Waals surface area (Å²) < 4.78 is 99.9. The summed E-state index contributed by atoms with van der Waals surface area (Å²) in [5.41, 5.74) is -0.559. The number of hydrogen-bond acceptors (Lipinski definition) is 16. The molecule has 4 aliphatic heterocycles. The number of piperazine rings is 2. The van der Waals surface area contributed by atoms with E-state index in [9.17, 15) is 58.8 Å². The number of halogens is 3. The molecule has 6 fully saturated rings. The van der Waals surface area contributed by atoms with Crippen LogP contribution in [0.1, 0.15) is 129 Å². The molecule has 2 bridgehead atoms. The zero-order valence-corrected chi connectivity index (χ0v) is 53.4. The number of sulfonamides is 1. The van der Waals surface area contributed by atoms with E-state index in [1.807, 2.05) is 35.1 Å². The van der Waals surface area contributed by atoms with Gasteiger partial charge >= 0.3 is 5.51 Å². The summed E-state index contributed by atoms with van der Waals surface area (Å²) in [4.78, 5) is 86.5. The highest BCUT2D eigenvalue weighted by molar-refractivity contribution is 7.99. The molecule has 4 heterocycles. The number of nitrogens with zero attached hydrogens (tertiary/aromatic N) is 5. The van der Waals surface area contributed by atoms with Gasteiger partial charge in [0.05, 0.1) is 27.4 Å². The van der Waals surface area contributed by atoms with Crippen molar-refractivity contribution in [2.24, 2.45) is 16.2 Å². The number of sulfone groups is 1. The minimum absolute atomic E-state index is 0.00667. The van der Waals surface area contributed by atoms with E-state index >= 15 is 0 Å². The molecule has 19 nitrogen and oxygen atoms in total. The van der Waals surface area contributed by atoms with E-state index in [0.29, 0.717) is 74.4 Å². The number of benzene rings is 4. The molecule has 0 aromatic heterocycles. The predicted octanol–water partition coefficient (Wildman–Crippen LogP) is 8.71. The molecule has 4 aromatic rings. The second-order valence-electron chi connectivity index (χ2n) is 26.2. The molecule has 0 spiro atoms. The van der Waals surface area contributed by atoms with E-state index in [1.54, 1.807) is 23.3 Å². The van der Waals surface area contributed by atoms with Crippen molar-refractivity contribution in [3.63, 3.8) is 0 Å². The van der Waals surface area contributed by atoms with Gasteiger partial charge in [-0.05, 0) is 147 Å². The van der Waals surface area contributed by atoms with E-state index in [2.05, 4.69) is 56.3 Å². The predicted molar refractivity (Wildman–Crippen MR) is 336 cm³/mol. The SMILES string of the molecule is CCC12CC(C3=C(CN4CCN(c5ccc(C(=O)NS(=O)(=O)c6ccc(N[C@H](CCN7CCN(CCCC(=O)Nc8cccc9c8C(=O)N(C8CCC(=O)NC8=O)C9=O)CC7)CSc7ccccc7)c(S(=O)(=O)C(F)(F)F)c6)cc5)CC4)CCC(C)(C)C3)(C1)C2. The number of amides is 6. The Balaban J connectivity index is 0.682. The lowest BCUT2D eigenvalue weighted by molar-refractivity contribution is -0.182. The van der Waals surface area contributed by atoms with Crippen molar-refractivity contribution < 1.29 is 58.8 Å². The lowest BCUT2D eigenvalue weighted by Gasteiger charge is -2.73. The lowest BCUT2D eigenvalue weighted by Crippen LogP contribution is -2.63. The number of rotatable bonds is 23. The Labute approximate surface area is 528 Å². The lowest BCUT2D eigenvalue weighted by atomic mass is 9.31. The van der Waals surface area contributed by atoms with Crippen LogP contribution in [-0.2, 0) is 34.2 Å². The summed E-state index contributed by atoms with van der Waals surface area (Å²) in [6.07, 6.45) is 9.69. The number of carbonyl (C=O) groups excluding carboxylic acids is 6. The number of piperidine rings is 1. The first kappa shape index (κ1) is 64.9. The third-order valence-corrected chi connectivity index (χ3v) is 23.5. The van der Waals surface area contributed by atoms with Crippen LogP contribution in [0.15, 0.2) is 117 Å². The molecule has 6 amide bonds. The fourth-order valence-electron chi connectivity index (χ4n) is 14.4. The van der Waals surface area contributed by atoms with Gasteiger partial charge in [0.15, 0.2) is 0 Å². The smallest absolute Gasteiger partial charge is 0.380 e. The second kappa shape index (κ2) is 25.8. The Bertz CT molecular complexity index is 3700. The average molecular weight is 1300 g/mol. The number of fused-ring (bicyclic) bond motifs is 1. The minimum Gasteiger partial charge on any atom is -0.380 e. The van der Waals surface area contributed by atoms with Gasteiger partial charge in [0.2, 0.25) is 17.7 Å². The molecule has 4 aromatic carbocycles. The zero-order valence-electron chi connectivity index (χ0n) is 51.0. The molecule has 8 aliphatic rings. The van der Waals surface area contributed by atoms with Crippen molar-refractivity contribution >= 4 is 84.1 Å². The normalized spacial score (nSPS) is 23.6. The highest BCUT2D eigenvalue weighted by atomic mass is 32.2. The van der Waals surface area contributed by atoms with Gasteiger partial charge in [0.1, 0.15) is 10.9 Å². The largest absolute Gasteiger partial charge is 0.501 e. The topological polar surface area (TPSA) is 235 Å². The van der Waals surface area contributed by atoms with Crippen LogP contribution in [0, 0.1) is 16.2 Å². The van der Waals surface area contributed by atoms with Gasteiger partial charge in [0.25, 0.3) is 37.6 Å². The first-order chi connectivity index (χ1) is 42.7. The van der Waals surface area contributed by atoms with E-state index in [4.69, 9.17) is 0 Å². The third kappa shape index (κ3) is 13.8. The number of carbonyl (C=O) groups is 6. The number of nitrogens with one attached hydrogen (secondary N) is 4. The Morgan fingerprint density at radius 2 is 1.46 bits per heavy atom. The van der Waals surface area contributed by atoms with Gasteiger partial charge < -0.3 is 25.3 Å². The van der Waals surface area contributed by atoms with Crippen molar-refractivity contribution in [1.82, 2.24) is 29.6 Å². The third-order valence-electron chi connectivity index (χ3n) is 19.5. The molecule has 12 rings (SSSR count). The van der Waals surface area contributed by atoms with Crippen molar-refractivity contribution in [1.29, 1.82) is 0 Å². The van der Waals surface area contributed by atoms with Crippen molar-refractivity contribution in [3.8, 4) is 0 Å². The Morgan fingerprint density at radius 1 is 0.778 bits per heavy atom. The number of anilines is 3. The zero-order chi connectivity index (χ0) is 64.0. The maximum absolute atomic E-state index is 14.5. The molecule has 482 valence electrons. The Hall–Kier alpha value is -6.64. The van der Waals surface area contributed by atoms with Crippen LogP contribution in [0.4, 0.5) is 30.2 Å².